The molecule has 0 saturated heterocycles. The molecule has 49 heavy (non-hydrogen) atoms. The molecule has 0 aliphatic carbocycles. The van der Waals surface area contributed by atoms with Crippen molar-refractivity contribution in [2.45, 2.75) is 111 Å². The van der Waals surface area contributed by atoms with Crippen LogP contribution in [0.3, 0.4) is 0 Å². The molecular weight excluding hydrogens is 605 g/mol. The van der Waals surface area contributed by atoms with Crippen molar-refractivity contribution in [2.24, 2.45) is 24.1 Å². The third kappa shape index (κ3) is 11.4. The minimum absolute atomic E-state index is 0.585. The van der Waals surface area contributed by atoms with Crippen molar-refractivity contribution < 1.29 is 13.9 Å². The Labute approximate surface area is 295 Å². The van der Waals surface area contributed by atoms with Gasteiger partial charge in [-0.05, 0) is 80.0 Å². The van der Waals surface area contributed by atoms with Crippen molar-refractivity contribution >= 4 is 29.2 Å². The third-order valence-corrected chi connectivity index (χ3v) is 9.10. The minimum atomic E-state index is 0.585. The van der Waals surface area contributed by atoms with E-state index in [1.54, 1.807) is 7.11 Å². The van der Waals surface area contributed by atoms with Crippen LogP contribution in [-0.4, -0.2) is 27.9 Å². The lowest BCUT2D eigenvalue weighted by molar-refractivity contribution is -0.698. The van der Waals surface area contributed by atoms with Crippen LogP contribution in [0.5, 0.6) is 0 Å². The number of methoxy groups -OCH3 is 1. The van der Waals surface area contributed by atoms with Crippen LogP contribution in [0.1, 0.15) is 121 Å². The van der Waals surface area contributed by atoms with Gasteiger partial charge >= 0.3 is 17.5 Å². The van der Waals surface area contributed by atoms with Crippen LogP contribution >= 0.6 is 0 Å². The molecule has 0 fully saturated rings. The maximum atomic E-state index is 5.78. The molecule has 262 valence electrons. The number of nitrogens with zero attached hydrogens (tertiary/aromatic N) is 6. The number of allylic oxidation sites excluding steroid dienone is 1. The molecule has 7 heteroatoms. The first-order chi connectivity index (χ1) is 24.0. The van der Waals surface area contributed by atoms with E-state index in [1.165, 1.54) is 81.2 Å². The largest absolute Gasteiger partial charge is 0.475 e. The van der Waals surface area contributed by atoms with Gasteiger partial charge in [0, 0.05) is 0 Å². The SMILES string of the molecule is CCCCCC/C=C/[n+]1ccn(C)c1/C(=N/c1ccc(Cc2ccc(/N=C(\CC)c3n(C)cc[n+]3CCCCCCCC)cc2)cc1)OC. The summed E-state index contributed by atoms with van der Waals surface area (Å²) in [5.41, 5.74) is 5.48. The van der Waals surface area contributed by atoms with Gasteiger partial charge in [0.1, 0.15) is 30.5 Å². The van der Waals surface area contributed by atoms with Gasteiger partial charge in [0.15, 0.2) is 0 Å². The Morgan fingerprint density at radius 2 is 1.27 bits per heavy atom. The van der Waals surface area contributed by atoms with Gasteiger partial charge in [-0.2, -0.15) is 4.57 Å². The highest BCUT2D eigenvalue weighted by molar-refractivity contribution is 5.98. The van der Waals surface area contributed by atoms with Crippen LogP contribution in [0.2, 0.25) is 0 Å². The van der Waals surface area contributed by atoms with E-state index in [2.05, 4.69) is 115 Å². The highest BCUT2D eigenvalue weighted by atomic mass is 16.5. The van der Waals surface area contributed by atoms with Gasteiger partial charge in [0.05, 0.1) is 45.3 Å². The molecule has 0 unspecified atom stereocenters. The summed E-state index contributed by atoms with van der Waals surface area (Å²) in [6.07, 6.45) is 28.5. The lowest BCUT2D eigenvalue weighted by Crippen LogP contribution is -2.39. The van der Waals surface area contributed by atoms with Crippen LogP contribution in [-0.2, 0) is 31.8 Å². The Bertz CT molecular complexity index is 1640. The van der Waals surface area contributed by atoms with Gasteiger partial charge < -0.3 is 4.74 Å². The zero-order valence-electron chi connectivity index (χ0n) is 31.1. The van der Waals surface area contributed by atoms with Gasteiger partial charge in [0.25, 0.3) is 0 Å². The zero-order valence-corrected chi connectivity index (χ0v) is 31.1. The predicted octanol–water partition coefficient (Wildman–Crippen LogP) is 9.59. The molecule has 0 aliphatic heterocycles. The number of ether oxygens (including phenoxy) is 1. The summed E-state index contributed by atoms with van der Waals surface area (Å²) in [6.45, 7) is 7.76. The van der Waals surface area contributed by atoms with Crippen LogP contribution in [0.25, 0.3) is 6.20 Å². The van der Waals surface area contributed by atoms with Crippen LogP contribution in [0.15, 0.2) is 89.4 Å². The van der Waals surface area contributed by atoms with Crippen LogP contribution < -0.4 is 9.13 Å². The average molecular weight is 665 g/mol. The second-order valence-corrected chi connectivity index (χ2v) is 13.1. The number of hydrogen-bond acceptors (Lipinski definition) is 3. The van der Waals surface area contributed by atoms with E-state index < -0.39 is 0 Å². The van der Waals surface area contributed by atoms with Crippen molar-refractivity contribution in [1.82, 2.24) is 9.13 Å². The molecule has 0 radical (unpaired) electrons. The minimum Gasteiger partial charge on any atom is -0.475 e. The fourth-order valence-electron chi connectivity index (χ4n) is 6.25. The van der Waals surface area contributed by atoms with Gasteiger partial charge in [0.2, 0.25) is 0 Å². The number of unbranched alkanes of at least 4 members (excludes halogenated alkanes) is 9. The number of imidazole rings is 2. The highest BCUT2D eigenvalue weighted by Crippen LogP contribution is 2.21. The Hall–Kier alpha value is -4.26. The molecule has 7 nitrogen and oxygen atoms in total. The van der Waals surface area contributed by atoms with Crippen molar-refractivity contribution in [3.8, 4) is 0 Å². The smallest absolute Gasteiger partial charge is 0.349 e. The third-order valence-electron chi connectivity index (χ3n) is 9.10. The van der Waals surface area contributed by atoms with E-state index in [0.29, 0.717) is 5.90 Å². The molecule has 4 rings (SSSR count). The number of aryl methyl sites for hydroxylation is 3. The van der Waals surface area contributed by atoms with Gasteiger partial charge in [-0.15, -0.1) is 0 Å². The number of aromatic nitrogens is 4. The molecule has 2 heterocycles. The van der Waals surface area contributed by atoms with E-state index in [-0.39, 0.29) is 0 Å². The first-order valence-electron chi connectivity index (χ1n) is 18.6. The number of rotatable bonds is 20. The Kier molecular flexibility index (Phi) is 15.6. The van der Waals surface area contributed by atoms with Crippen molar-refractivity contribution in [3.05, 3.63) is 102 Å². The second-order valence-electron chi connectivity index (χ2n) is 13.1. The normalized spacial score (nSPS) is 12.4. The van der Waals surface area contributed by atoms with Crippen molar-refractivity contribution in [3.63, 3.8) is 0 Å². The van der Waals surface area contributed by atoms with E-state index in [9.17, 15) is 0 Å². The maximum absolute atomic E-state index is 5.78. The van der Waals surface area contributed by atoms with Gasteiger partial charge in [-0.1, -0.05) is 90.0 Å². The highest BCUT2D eigenvalue weighted by Gasteiger charge is 2.22. The summed E-state index contributed by atoms with van der Waals surface area (Å²) in [5.74, 6) is 2.70. The number of benzene rings is 2. The molecule has 0 spiro atoms. The summed E-state index contributed by atoms with van der Waals surface area (Å²) in [5, 5.41) is 0. The monoisotopic (exact) mass is 664 g/mol. The first kappa shape index (κ1) is 37.6. The summed E-state index contributed by atoms with van der Waals surface area (Å²) in [6, 6.07) is 17.1. The Morgan fingerprint density at radius 3 is 1.90 bits per heavy atom. The van der Waals surface area contributed by atoms with Crippen LogP contribution in [0, 0.1) is 0 Å². The summed E-state index contributed by atoms with van der Waals surface area (Å²) >= 11 is 0. The summed E-state index contributed by atoms with van der Waals surface area (Å²) in [7, 11) is 5.83. The van der Waals surface area contributed by atoms with Gasteiger partial charge in [-0.25, -0.2) is 23.7 Å². The lowest BCUT2D eigenvalue weighted by atomic mass is 10.0. The summed E-state index contributed by atoms with van der Waals surface area (Å²) < 4.78 is 14.5. The first-order valence-corrected chi connectivity index (χ1v) is 18.6. The standard InChI is InChI=1S/C42H60N6O/c1-7-10-12-14-16-18-28-47-32-30-45(4)41(47)39(9-3)43-37-24-20-35(21-25-37)34-36-22-26-38(27-23-36)44-40(49-6)42-46(5)31-33-48(42)29-19-17-15-13-11-8-2/h19-27,29-33H,7-18,28,34H2,1-6H3/q+2/b29-19+,43-39+,44-40-. The van der Waals surface area contributed by atoms with Crippen molar-refractivity contribution in [1.29, 1.82) is 0 Å². The number of aliphatic imine (C=N–C) groups is 2. The molecule has 2 aromatic carbocycles. The maximum Gasteiger partial charge on any atom is 0.349 e. The molecule has 4 aromatic rings. The second kappa shape index (κ2) is 20.3. The molecule has 0 amide bonds. The predicted molar refractivity (Wildman–Crippen MR) is 204 cm³/mol. The van der Waals surface area contributed by atoms with E-state index in [0.717, 1.165) is 48.7 Å². The molecule has 0 atom stereocenters. The quantitative estimate of drug-likeness (QED) is 0.0402. The van der Waals surface area contributed by atoms with E-state index in [4.69, 9.17) is 14.7 Å². The van der Waals surface area contributed by atoms with E-state index in [1.807, 2.05) is 24.0 Å². The van der Waals surface area contributed by atoms with Gasteiger partial charge in [-0.3, -0.25) is 0 Å². The molecule has 0 saturated carbocycles. The fraction of sp³-hybridized carbons (Fsp3) is 0.476. The van der Waals surface area contributed by atoms with Crippen molar-refractivity contribution in [2.75, 3.05) is 7.11 Å². The molecule has 2 aromatic heterocycles. The molecule has 0 aliphatic rings. The fourth-order valence-corrected chi connectivity index (χ4v) is 6.25. The Balaban J connectivity index is 1.39. The number of hydrogen-bond donors (Lipinski definition) is 0. The molecular formula is C42H60N6O+2. The van der Waals surface area contributed by atoms with E-state index >= 15 is 0 Å². The molecule has 0 N–H and O–H groups in total. The summed E-state index contributed by atoms with van der Waals surface area (Å²) in [4.78, 5) is 9.98. The Morgan fingerprint density at radius 1 is 0.694 bits per heavy atom. The molecule has 0 bridgehead atoms. The zero-order chi connectivity index (χ0) is 34.8. The van der Waals surface area contributed by atoms with Crippen LogP contribution in [0.4, 0.5) is 11.4 Å². The lowest BCUT2D eigenvalue weighted by Gasteiger charge is -2.07. The average Bonchev–Trinajstić information content (AvgIpc) is 3.67. The topological polar surface area (TPSA) is 51.6 Å².